The first-order chi connectivity index (χ1) is 28.7. The predicted octanol–water partition coefficient (Wildman–Crippen LogP) is 14.2. The topological polar surface area (TPSA) is 64.7 Å². The summed E-state index contributed by atoms with van der Waals surface area (Å²) in [4.78, 5) is 20.3. The van der Waals surface area contributed by atoms with Crippen LogP contribution in [0, 0.1) is 0 Å². The minimum Gasteiger partial charge on any atom is -0.455 e. The fraction of sp³-hybridized carbons (Fsp3) is 0. The second-order valence-corrected chi connectivity index (χ2v) is 15.6. The number of furan rings is 1. The second kappa shape index (κ2) is 13.0. The molecule has 270 valence electrons. The maximum atomic E-state index is 6.98. The van der Waals surface area contributed by atoms with Crippen LogP contribution in [0.15, 0.2) is 186 Å². The minimum atomic E-state index is 0.620. The predicted molar refractivity (Wildman–Crippen MR) is 240 cm³/mol. The Morgan fingerprint density at radius 3 is 1.69 bits per heavy atom. The van der Waals surface area contributed by atoms with E-state index in [1.165, 1.54) is 20.2 Å². The summed E-state index contributed by atoms with van der Waals surface area (Å²) in [5.41, 5.74) is 9.55. The Balaban J connectivity index is 0.987. The largest absolute Gasteiger partial charge is 0.455 e. The van der Waals surface area contributed by atoms with Crippen LogP contribution < -0.4 is 0 Å². The maximum absolute atomic E-state index is 6.98. The molecule has 12 rings (SSSR count). The van der Waals surface area contributed by atoms with E-state index in [-0.39, 0.29) is 0 Å². The molecule has 0 aliphatic heterocycles. The number of nitrogens with zero attached hydrogens (tertiary/aromatic N) is 4. The summed E-state index contributed by atoms with van der Waals surface area (Å²) < 4.78 is 9.46. The summed E-state index contributed by atoms with van der Waals surface area (Å²) >= 11 is 1.79. The van der Waals surface area contributed by atoms with Crippen LogP contribution in [0.25, 0.3) is 120 Å². The molecule has 0 atom stereocenters. The van der Waals surface area contributed by atoms with E-state index in [1.807, 2.05) is 42.5 Å². The molecule has 6 heteroatoms. The van der Waals surface area contributed by atoms with E-state index in [0.29, 0.717) is 17.5 Å². The highest BCUT2D eigenvalue weighted by molar-refractivity contribution is 7.25. The fourth-order valence-corrected chi connectivity index (χ4v) is 9.49. The molecule has 4 aromatic heterocycles. The monoisotopic (exact) mass is 758 g/mol. The molecular formula is C52H30N4OS. The number of rotatable bonds is 5. The van der Waals surface area contributed by atoms with Crippen molar-refractivity contribution in [3.8, 4) is 56.5 Å². The van der Waals surface area contributed by atoms with Crippen LogP contribution in [0.5, 0.6) is 0 Å². The van der Waals surface area contributed by atoms with Gasteiger partial charge in [-0.15, -0.1) is 11.3 Å². The number of benzene rings is 8. The van der Waals surface area contributed by atoms with Gasteiger partial charge in [-0.25, -0.2) is 19.9 Å². The highest BCUT2D eigenvalue weighted by Crippen LogP contribution is 2.43. The van der Waals surface area contributed by atoms with Crippen LogP contribution in [0.1, 0.15) is 0 Å². The van der Waals surface area contributed by atoms with Gasteiger partial charge in [0.05, 0.1) is 11.2 Å². The Labute approximate surface area is 336 Å². The zero-order chi connectivity index (χ0) is 38.2. The third-order valence-electron chi connectivity index (χ3n) is 11.1. The Hall–Kier alpha value is -7.54. The van der Waals surface area contributed by atoms with E-state index in [2.05, 4.69) is 140 Å². The molecule has 0 fully saturated rings. The van der Waals surface area contributed by atoms with Crippen molar-refractivity contribution in [3.05, 3.63) is 182 Å². The maximum Gasteiger partial charge on any atom is 0.164 e. The lowest BCUT2D eigenvalue weighted by molar-refractivity contribution is 0.674. The van der Waals surface area contributed by atoms with Crippen LogP contribution in [-0.2, 0) is 0 Å². The normalized spacial score (nSPS) is 11.8. The van der Waals surface area contributed by atoms with E-state index in [4.69, 9.17) is 24.4 Å². The Kier molecular flexibility index (Phi) is 7.33. The van der Waals surface area contributed by atoms with E-state index in [0.717, 1.165) is 82.7 Å². The molecule has 0 N–H and O–H groups in total. The molecule has 12 aromatic rings. The molecule has 0 saturated heterocycles. The van der Waals surface area contributed by atoms with E-state index in [1.54, 1.807) is 11.3 Å². The molecule has 58 heavy (non-hydrogen) atoms. The SMILES string of the molecule is c1ccc(-c2nc(-c3ccc(-c4cccc5c4oc4c5ccc5c(-c6ccccc6)nc6ccccc6c54)cc3)nc(-c3ccc4c(c3)sc3ccccc34)n2)cc1. The molecule has 0 aliphatic carbocycles. The van der Waals surface area contributed by atoms with Gasteiger partial charge in [-0.2, -0.15) is 0 Å². The molecule has 5 nitrogen and oxygen atoms in total. The molecule has 0 bridgehead atoms. The Bertz CT molecular complexity index is 3560. The lowest BCUT2D eigenvalue weighted by Crippen LogP contribution is -2.00. The second-order valence-electron chi connectivity index (χ2n) is 14.6. The number of para-hydroxylation sites is 2. The van der Waals surface area contributed by atoms with Gasteiger partial charge in [0.1, 0.15) is 11.2 Å². The molecule has 0 aliphatic rings. The summed E-state index contributed by atoms with van der Waals surface area (Å²) in [5.74, 6) is 1.90. The molecule has 0 spiro atoms. The highest BCUT2D eigenvalue weighted by atomic mass is 32.1. The first-order valence-corrected chi connectivity index (χ1v) is 20.1. The van der Waals surface area contributed by atoms with Crippen molar-refractivity contribution in [2.24, 2.45) is 0 Å². The van der Waals surface area contributed by atoms with Crippen LogP contribution in [0.3, 0.4) is 0 Å². The minimum absolute atomic E-state index is 0.620. The average molecular weight is 759 g/mol. The summed E-state index contributed by atoms with van der Waals surface area (Å²) in [5, 5.41) is 7.88. The summed E-state index contributed by atoms with van der Waals surface area (Å²) in [7, 11) is 0. The lowest BCUT2D eigenvalue weighted by atomic mass is 9.97. The molecule has 4 heterocycles. The number of hydrogen-bond acceptors (Lipinski definition) is 6. The fourth-order valence-electron chi connectivity index (χ4n) is 8.35. The summed E-state index contributed by atoms with van der Waals surface area (Å²) in [6.45, 7) is 0. The zero-order valence-corrected chi connectivity index (χ0v) is 31.7. The molecule has 8 aromatic carbocycles. The van der Waals surface area contributed by atoms with Crippen molar-refractivity contribution < 1.29 is 4.42 Å². The number of thiophene rings is 1. The third-order valence-corrected chi connectivity index (χ3v) is 12.3. The first kappa shape index (κ1) is 32.7. The van der Waals surface area contributed by atoms with Crippen LogP contribution in [0.4, 0.5) is 0 Å². The van der Waals surface area contributed by atoms with Gasteiger partial charge in [-0.3, -0.25) is 0 Å². The van der Waals surface area contributed by atoms with Crippen molar-refractivity contribution in [1.29, 1.82) is 0 Å². The van der Waals surface area contributed by atoms with Gasteiger partial charge in [0.25, 0.3) is 0 Å². The standard InChI is InChI=1S/C52H30N4OS/c1-3-12-32(13-4-1)47-42-29-28-40-39-19-11-18-36(48(39)57-49(40)46(42)41-17-7-9-20-43(41)53-47)31-22-24-34(25-23-31)51-54-50(33-14-5-2-6-15-33)55-52(56-51)35-26-27-38-37-16-8-10-21-44(37)58-45(38)30-35/h1-30H. The number of fused-ring (bicyclic) bond motifs is 10. The quantitative estimate of drug-likeness (QED) is 0.164. The third kappa shape index (κ3) is 5.23. The molecule has 0 saturated carbocycles. The average Bonchev–Trinajstić information content (AvgIpc) is 3.87. The molecule has 0 unspecified atom stereocenters. The van der Waals surface area contributed by atoms with Crippen LogP contribution in [-0.4, -0.2) is 19.9 Å². The molecule has 0 radical (unpaired) electrons. The number of pyridine rings is 1. The van der Waals surface area contributed by atoms with Gasteiger partial charge >= 0.3 is 0 Å². The Morgan fingerprint density at radius 1 is 0.345 bits per heavy atom. The van der Waals surface area contributed by atoms with Crippen molar-refractivity contribution in [2.75, 3.05) is 0 Å². The van der Waals surface area contributed by atoms with Crippen molar-refractivity contribution in [3.63, 3.8) is 0 Å². The Morgan fingerprint density at radius 2 is 0.897 bits per heavy atom. The summed E-state index contributed by atoms with van der Waals surface area (Å²) in [6.07, 6.45) is 0. The van der Waals surface area contributed by atoms with Gasteiger partial charge in [-0.1, -0.05) is 158 Å². The molecular weight excluding hydrogens is 729 g/mol. The van der Waals surface area contributed by atoms with E-state index >= 15 is 0 Å². The van der Waals surface area contributed by atoms with Crippen LogP contribution in [0.2, 0.25) is 0 Å². The smallest absolute Gasteiger partial charge is 0.164 e. The van der Waals surface area contributed by atoms with Gasteiger partial charge in [0, 0.05) is 74.9 Å². The van der Waals surface area contributed by atoms with E-state index < -0.39 is 0 Å². The van der Waals surface area contributed by atoms with Crippen molar-refractivity contribution >= 4 is 75.1 Å². The van der Waals surface area contributed by atoms with Crippen LogP contribution >= 0.6 is 11.3 Å². The van der Waals surface area contributed by atoms with Gasteiger partial charge in [-0.05, 0) is 29.8 Å². The van der Waals surface area contributed by atoms with Gasteiger partial charge < -0.3 is 4.42 Å². The number of aromatic nitrogens is 4. The lowest BCUT2D eigenvalue weighted by Gasteiger charge is -2.10. The van der Waals surface area contributed by atoms with Gasteiger partial charge in [0.15, 0.2) is 17.5 Å². The first-order valence-electron chi connectivity index (χ1n) is 19.3. The summed E-state index contributed by atoms with van der Waals surface area (Å²) in [6, 6.07) is 63.2. The zero-order valence-electron chi connectivity index (χ0n) is 30.9. The molecule has 0 amide bonds. The number of hydrogen-bond donors (Lipinski definition) is 0. The highest BCUT2D eigenvalue weighted by Gasteiger charge is 2.20. The van der Waals surface area contributed by atoms with Crippen molar-refractivity contribution in [1.82, 2.24) is 19.9 Å². The van der Waals surface area contributed by atoms with Gasteiger partial charge in [0.2, 0.25) is 0 Å². The van der Waals surface area contributed by atoms with Crippen molar-refractivity contribution in [2.45, 2.75) is 0 Å². The van der Waals surface area contributed by atoms with E-state index in [9.17, 15) is 0 Å².